The number of furan rings is 2. The molecule has 120 heavy (non-hydrogen) atoms. The molecule has 0 spiro atoms. The van der Waals surface area contributed by atoms with E-state index in [9.17, 15) is 0 Å². The van der Waals surface area contributed by atoms with E-state index in [2.05, 4.69) is 430 Å². The summed E-state index contributed by atoms with van der Waals surface area (Å²) in [4.78, 5) is 4.73. The van der Waals surface area contributed by atoms with Crippen molar-refractivity contribution in [3.05, 3.63) is 412 Å². The third-order valence-electron chi connectivity index (χ3n) is 25.2. The molecule has 0 aliphatic heterocycles. The summed E-state index contributed by atoms with van der Waals surface area (Å²) >= 11 is 0. The fourth-order valence-electron chi connectivity index (χ4n) is 20.0. The molecule has 0 N–H and O–H groups in total. The van der Waals surface area contributed by atoms with Crippen LogP contribution in [0, 0.1) is 13.8 Å². The summed E-state index contributed by atoms with van der Waals surface area (Å²) < 4.78 is 23.4. The maximum atomic E-state index is 6.80. The van der Waals surface area contributed by atoms with Gasteiger partial charge >= 0.3 is 0 Å². The third-order valence-corrected chi connectivity index (χ3v) is 25.2. The Morgan fingerprint density at radius 2 is 0.475 bits per heavy atom. The van der Waals surface area contributed by atoms with Crippen LogP contribution in [0.3, 0.4) is 0 Å². The Kier molecular flexibility index (Phi) is 14.8. The van der Waals surface area contributed by atoms with Crippen molar-refractivity contribution in [1.29, 1.82) is 0 Å². The first-order chi connectivity index (χ1) is 59.3. The van der Waals surface area contributed by atoms with Gasteiger partial charge in [0.15, 0.2) is 11.2 Å². The predicted molar refractivity (Wildman–Crippen MR) is 503 cm³/mol. The number of aryl methyl sites for hydroxylation is 2. The summed E-state index contributed by atoms with van der Waals surface area (Å²) in [6.45, 7) is 4.32. The number of anilines is 6. The quantitative estimate of drug-likeness (QED) is 0.122. The molecule has 0 saturated heterocycles. The maximum Gasteiger partial charge on any atom is 0.159 e. The zero-order chi connectivity index (χ0) is 79.0. The monoisotopic (exact) mass is 1530 g/mol. The van der Waals surface area contributed by atoms with Crippen LogP contribution in [0.1, 0.15) is 11.1 Å². The molecule has 0 atom stereocenters. The number of aromatic nitrogens is 4. The van der Waals surface area contributed by atoms with Crippen LogP contribution >= 0.6 is 0 Å². The fourth-order valence-corrected chi connectivity index (χ4v) is 20.0. The van der Waals surface area contributed by atoms with Crippen molar-refractivity contribution in [2.45, 2.75) is 13.8 Å². The van der Waals surface area contributed by atoms with Gasteiger partial charge in [-0.2, -0.15) is 0 Å². The van der Waals surface area contributed by atoms with Gasteiger partial charge in [-0.3, -0.25) is 0 Å². The van der Waals surface area contributed by atoms with Crippen molar-refractivity contribution in [2.75, 3.05) is 9.80 Å². The lowest BCUT2D eigenvalue weighted by Gasteiger charge is -2.26. The van der Waals surface area contributed by atoms with Crippen LogP contribution in [0.2, 0.25) is 0 Å². The standard InChI is InChI=1S/C112H72N6O2/c1-69-23-19-33-79(63-69)113(99-39-21-37-89-83-35-15-17-41-105(83)119-111(89)99)81-49-53-93-103(67-81)117(77-29-11-5-12-30-77)97-61-57-85-87(109(93)97)55-59-95-107(85)91-51-47-73(65-101(91)115(95)75-25-7-3-8-26-75)71-43-45-72(46-44-71)74-48-52-92-102(66-74)116(76-27-9-4-10-28-76)96-60-56-88-86(108(92)96)58-62-98-110(88)94-54-50-82(68-104(94)118(98)78-31-13-6-14-32-78)114(80-34-20-24-70(2)64-80)100-40-22-38-90-84-36-16-18-42-106(84)120-112(90)100/h3-68H,1-2H3. The summed E-state index contributed by atoms with van der Waals surface area (Å²) in [6, 6.07) is 147. The highest BCUT2D eigenvalue weighted by atomic mass is 16.3. The second kappa shape index (κ2) is 26.3. The first-order valence-electron chi connectivity index (χ1n) is 41.2. The Labute approximate surface area is 689 Å². The van der Waals surface area contributed by atoms with Gasteiger partial charge in [-0.1, -0.05) is 243 Å². The predicted octanol–water partition coefficient (Wildman–Crippen LogP) is 31.1. The van der Waals surface area contributed by atoms with Crippen molar-refractivity contribution < 1.29 is 8.83 Å². The second-order valence-electron chi connectivity index (χ2n) is 32.0. The van der Waals surface area contributed by atoms with Crippen molar-refractivity contribution in [1.82, 2.24) is 18.3 Å². The molecule has 0 fully saturated rings. The molecule has 562 valence electrons. The van der Waals surface area contributed by atoms with E-state index in [1.807, 2.05) is 12.1 Å². The van der Waals surface area contributed by atoms with Gasteiger partial charge < -0.3 is 36.9 Å². The summed E-state index contributed by atoms with van der Waals surface area (Å²) in [5, 5.41) is 18.8. The maximum absolute atomic E-state index is 6.80. The molecule has 8 heteroatoms. The average Bonchev–Trinajstić information content (AvgIpc) is 1.55. The van der Waals surface area contributed by atoms with E-state index in [1.165, 1.54) is 75.8 Å². The van der Waals surface area contributed by atoms with Gasteiger partial charge in [-0.25, -0.2) is 0 Å². The van der Waals surface area contributed by atoms with E-state index in [1.54, 1.807) is 0 Å². The summed E-state index contributed by atoms with van der Waals surface area (Å²) in [6.07, 6.45) is 0. The molecule has 19 aromatic carbocycles. The Morgan fingerprint density at radius 3 is 0.825 bits per heavy atom. The highest BCUT2D eigenvalue weighted by Crippen LogP contribution is 2.51. The highest BCUT2D eigenvalue weighted by molar-refractivity contribution is 6.32. The number of hydrogen-bond acceptors (Lipinski definition) is 4. The fraction of sp³-hybridized carbons (Fsp3) is 0.0179. The smallest absolute Gasteiger partial charge is 0.159 e. The minimum atomic E-state index is 0.851. The summed E-state index contributed by atoms with van der Waals surface area (Å²) in [7, 11) is 0. The molecule has 0 aliphatic rings. The largest absolute Gasteiger partial charge is 0.454 e. The third kappa shape index (κ3) is 10.2. The summed E-state index contributed by atoms with van der Waals surface area (Å²) in [5.74, 6) is 0. The number of para-hydroxylation sites is 8. The van der Waals surface area contributed by atoms with Crippen LogP contribution < -0.4 is 9.80 Å². The Morgan fingerprint density at radius 1 is 0.192 bits per heavy atom. The van der Waals surface area contributed by atoms with E-state index in [-0.39, 0.29) is 0 Å². The van der Waals surface area contributed by atoms with Crippen LogP contribution in [0.4, 0.5) is 34.1 Å². The normalized spacial score (nSPS) is 12.1. The van der Waals surface area contributed by atoms with Crippen LogP contribution in [0.15, 0.2) is 409 Å². The van der Waals surface area contributed by atoms with E-state index >= 15 is 0 Å². The van der Waals surface area contributed by atoms with E-state index in [4.69, 9.17) is 8.83 Å². The van der Waals surface area contributed by atoms with Crippen molar-refractivity contribution in [3.63, 3.8) is 0 Å². The van der Waals surface area contributed by atoms with Crippen molar-refractivity contribution in [3.8, 4) is 45.0 Å². The number of hydrogen-bond donors (Lipinski definition) is 0. The minimum absolute atomic E-state index is 0.851. The molecule has 6 aromatic heterocycles. The van der Waals surface area contributed by atoms with Crippen LogP contribution in [0.25, 0.3) is 198 Å². The topological polar surface area (TPSA) is 52.5 Å². The number of fused-ring (bicyclic) bond motifs is 24. The lowest BCUT2D eigenvalue weighted by molar-refractivity contribution is 0.668. The van der Waals surface area contributed by atoms with E-state index in [0.717, 1.165) is 167 Å². The van der Waals surface area contributed by atoms with Crippen LogP contribution in [-0.2, 0) is 0 Å². The van der Waals surface area contributed by atoms with Crippen molar-refractivity contribution in [2.24, 2.45) is 0 Å². The molecular weight excluding hydrogens is 1460 g/mol. The van der Waals surface area contributed by atoms with Crippen molar-refractivity contribution >= 4 is 187 Å². The molecule has 0 amide bonds. The highest BCUT2D eigenvalue weighted by Gasteiger charge is 2.28. The second-order valence-corrected chi connectivity index (χ2v) is 32.0. The zero-order valence-corrected chi connectivity index (χ0v) is 65.6. The lowest BCUT2D eigenvalue weighted by Crippen LogP contribution is -2.10. The van der Waals surface area contributed by atoms with Gasteiger partial charge in [-0.05, 0) is 226 Å². The number of benzene rings is 19. The summed E-state index contributed by atoms with van der Waals surface area (Å²) in [5.41, 5.74) is 30.1. The number of rotatable bonds is 12. The molecule has 6 heterocycles. The SMILES string of the molecule is Cc1cccc(N(c2ccc3c4c5ccc6c(c5ccc4n(-c4ccccc4)c3c2)c2ccc(-c3ccc(-c4ccc5c7c8ccc9c(c8ccc7n(-c7ccccc7)c5c4)c4ccc(N(c5cccc(C)c5)c5cccc7c5oc5ccccc57)cc4n9-c4ccccc4)cc3)cc2n6-c2ccccc2)c2cccc3c2oc2ccccc23)c1. The Hall–Kier alpha value is -15.9. The van der Waals surface area contributed by atoms with Crippen LogP contribution in [-0.4, -0.2) is 18.3 Å². The van der Waals surface area contributed by atoms with Gasteiger partial charge in [-0.15, -0.1) is 0 Å². The molecule has 0 bridgehead atoms. The first-order valence-corrected chi connectivity index (χ1v) is 41.2. The van der Waals surface area contributed by atoms with Gasteiger partial charge in [0.25, 0.3) is 0 Å². The Bertz CT molecular complexity index is 8060. The minimum Gasteiger partial charge on any atom is -0.454 e. The van der Waals surface area contributed by atoms with Gasteiger partial charge in [0.1, 0.15) is 11.2 Å². The Balaban J connectivity index is 0.612. The first kappa shape index (κ1) is 67.4. The van der Waals surface area contributed by atoms with Gasteiger partial charge in [0.2, 0.25) is 0 Å². The zero-order valence-electron chi connectivity index (χ0n) is 65.6. The van der Waals surface area contributed by atoms with Gasteiger partial charge in [0.05, 0.1) is 55.5 Å². The molecule has 0 saturated carbocycles. The molecule has 0 aliphatic carbocycles. The van der Waals surface area contributed by atoms with Gasteiger partial charge in [0, 0.05) is 110 Å². The number of nitrogens with zero attached hydrogens (tertiary/aromatic N) is 6. The van der Waals surface area contributed by atoms with E-state index in [0.29, 0.717) is 0 Å². The van der Waals surface area contributed by atoms with Crippen LogP contribution in [0.5, 0.6) is 0 Å². The lowest BCUT2D eigenvalue weighted by atomic mass is 9.96. The average molecular weight is 1530 g/mol. The molecule has 25 aromatic rings. The molecule has 25 rings (SSSR count). The molecule has 8 nitrogen and oxygen atoms in total. The molecule has 0 unspecified atom stereocenters. The molecular formula is C112H72N6O2. The molecule has 0 radical (unpaired) electrons. The van der Waals surface area contributed by atoms with E-state index < -0.39 is 0 Å².